The van der Waals surface area contributed by atoms with Gasteiger partial charge in [0.2, 0.25) is 0 Å². The second-order valence-corrected chi connectivity index (χ2v) is 4.18. The normalized spacial score (nSPS) is 15.4. The lowest BCUT2D eigenvalue weighted by atomic mass is 9.99. The number of likely N-dealkylation sites (tertiary alicyclic amines) is 1. The molecule has 1 aliphatic heterocycles. The first-order valence-electron chi connectivity index (χ1n) is 5.96. The topological polar surface area (TPSA) is 60.8 Å². The van der Waals surface area contributed by atoms with Gasteiger partial charge in [0.25, 0.3) is 0 Å². The minimum Gasteiger partial charge on any atom is -0.504 e. The number of aldehydes is 1. The quantitative estimate of drug-likeness (QED) is 0.622. The summed E-state index contributed by atoms with van der Waals surface area (Å²) >= 11 is 0. The number of hydrogen-bond donors (Lipinski definition) is 2. The maximum absolute atomic E-state index is 10.3. The van der Waals surface area contributed by atoms with Crippen molar-refractivity contribution in [1.82, 2.24) is 4.90 Å². The van der Waals surface area contributed by atoms with Crippen molar-refractivity contribution >= 4 is 6.29 Å². The average Bonchev–Trinajstić information content (AvgIpc) is 2.43. The Morgan fingerprint density at radius 3 is 2.00 bits per heavy atom. The average molecular weight is 249 g/mol. The first-order chi connectivity index (χ1) is 8.67. The second-order valence-electron chi connectivity index (χ2n) is 4.18. The van der Waals surface area contributed by atoms with Crippen molar-refractivity contribution < 1.29 is 15.0 Å². The van der Waals surface area contributed by atoms with Crippen LogP contribution in [0.3, 0.4) is 0 Å². The van der Waals surface area contributed by atoms with Gasteiger partial charge < -0.3 is 19.9 Å². The summed E-state index contributed by atoms with van der Waals surface area (Å²) in [7, 11) is 0. The van der Waals surface area contributed by atoms with Crippen molar-refractivity contribution in [1.29, 1.82) is 0 Å². The molecule has 0 amide bonds. The highest BCUT2D eigenvalue weighted by Gasteiger charge is 2.15. The summed E-state index contributed by atoms with van der Waals surface area (Å²) in [6.07, 6.45) is 4.91. The molecule has 0 aromatic heterocycles. The van der Waals surface area contributed by atoms with E-state index in [1.54, 1.807) is 12.1 Å². The van der Waals surface area contributed by atoms with Crippen LogP contribution in [0.4, 0.5) is 0 Å². The molecule has 4 heteroatoms. The van der Waals surface area contributed by atoms with Gasteiger partial charge >= 0.3 is 0 Å². The van der Waals surface area contributed by atoms with Crippen LogP contribution >= 0.6 is 0 Å². The summed E-state index contributed by atoms with van der Waals surface area (Å²) in [4.78, 5) is 12.5. The van der Waals surface area contributed by atoms with E-state index in [0.29, 0.717) is 5.92 Å². The van der Waals surface area contributed by atoms with Crippen LogP contribution in [-0.2, 0) is 4.79 Å². The predicted molar refractivity (Wildman–Crippen MR) is 70.3 cm³/mol. The lowest BCUT2D eigenvalue weighted by Crippen LogP contribution is -2.29. The van der Waals surface area contributed by atoms with E-state index >= 15 is 0 Å². The summed E-state index contributed by atoms with van der Waals surface area (Å²) in [6.45, 7) is 5.66. The van der Waals surface area contributed by atoms with Gasteiger partial charge in [-0.3, -0.25) is 0 Å². The highest BCUT2D eigenvalue weighted by atomic mass is 16.3. The molecule has 0 spiro atoms. The molecule has 0 saturated carbocycles. The molecule has 1 aliphatic rings. The van der Waals surface area contributed by atoms with Crippen LogP contribution in [0, 0.1) is 5.92 Å². The van der Waals surface area contributed by atoms with Crippen LogP contribution in [-0.4, -0.2) is 34.5 Å². The van der Waals surface area contributed by atoms with Crippen molar-refractivity contribution in [2.75, 3.05) is 13.1 Å². The van der Waals surface area contributed by atoms with Crippen LogP contribution in [0.2, 0.25) is 0 Å². The van der Waals surface area contributed by atoms with Crippen LogP contribution in [0.1, 0.15) is 12.8 Å². The molecule has 0 radical (unpaired) electrons. The Hall–Kier alpha value is -1.97. The monoisotopic (exact) mass is 249 g/mol. The largest absolute Gasteiger partial charge is 0.504 e. The molecular formula is C14H19NO3. The van der Waals surface area contributed by atoms with Gasteiger partial charge in [-0.1, -0.05) is 18.7 Å². The fourth-order valence-corrected chi connectivity index (χ4v) is 1.70. The number of phenols is 2. The predicted octanol–water partition coefficient (Wildman–Crippen LogP) is 2.14. The van der Waals surface area contributed by atoms with Gasteiger partial charge in [-0.05, 0) is 31.2 Å². The Morgan fingerprint density at radius 2 is 1.67 bits per heavy atom. The molecule has 2 rings (SSSR count). The van der Waals surface area contributed by atoms with Crippen molar-refractivity contribution in [3.8, 4) is 11.5 Å². The van der Waals surface area contributed by atoms with Gasteiger partial charge in [-0.15, -0.1) is 0 Å². The number of benzene rings is 1. The first-order valence-corrected chi connectivity index (χ1v) is 5.96. The van der Waals surface area contributed by atoms with Crippen LogP contribution < -0.4 is 0 Å². The third-order valence-corrected chi connectivity index (χ3v) is 2.91. The summed E-state index contributed by atoms with van der Waals surface area (Å²) in [6, 6.07) is 6.15. The Balaban J connectivity index is 0.000000184. The number of carbonyl (C=O) groups is 1. The minimum absolute atomic E-state index is 0.0764. The number of nitrogens with zero attached hydrogens (tertiary/aromatic N) is 1. The molecule has 1 aromatic carbocycles. The second kappa shape index (κ2) is 7.37. The molecule has 0 unspecified atom stereocenters. The van der Waals surface area contributed by atoms with Gasteiger partial charge in [-0.25, -0.2) is 0 Å². The number of aromatic hydroxyl groups is 2. The molecule has 0 bridgehead atoms. The standard InChI is InChI=1S/C8H13NO.C6H6O2/c1-2-9-5-3-8(7-10)4-6-9;7-5-3-1-2-4-6(5)8/h2,7-8H,1,3-6H2;1-4,7-8H. The van der Waals surface area contributed by atoms with Gasteiger partial charge in [0.1, 0.15) is 6.29 Å². The Kier molecular flexibility index (Phi) is 5.77. The summed E-state index contributed by atoms with van der Waals surface area (Å²) in [5, 5.41) is 17.3. The molecule has 1 fully saturated rings. The molecule has 0 aliphatic carbocycles. The van der Waals surface area contributed by atoms with Crippen molar-refractivity contribution in [3.63, 3.8) is 0 Å². The zero-order valence-corrected chi connectivity index (χ0v) is 10.3. The molecule has 18 heavy (non-hydrogen) atoms. The molecule has 0 atom stereocenters. The fraction of sp³-hybridized carbons (Fsp3) is 0.357. The molecule has 2 N–H and O–H groups in total. The number of hydrogen-bond acceptors (Lipinski definition) is 4. The number of phenolic OH excluding ortho intramolecular Hbond substituents is 2. The third kappa shape index (κ3) is 4.49. The van der Waals surface area contributed by atoms with E-state index in [2.05, 4.69) is 11.5 Å². The van der Waals surface area contributed by atoms with Gasteiger partial charge in [-0.2, -0.15) is 0 Å². The summed E-state index contributed by atoms with van der Waals surface area (Å²) < 4.78 is 0. The molecule has 1 heterocycles. The van der Waals surface area contributed by atoms with E-state index in [1.165, 1.54) is 12.1 Å². The fourth-order valence-electron chi connectivity index (χ4n) is 1.70. The number of carbonyl (C=O) groups excluding carboxylic acids is 1. The van der Waals surface area contributed by atoms with E-state index in [1.807, 2.05) is 6.20 Å². The maximum atomic E-state index is 10.3. The molecule has 4 nitrogen and oxygen atoms in total. The Labute approximate surface area is 107 Å². The van der Waals surface area contributed by atoms with E-state index in [9.17, 15) is 4.79 Å². The lowest BCUT2D eigenvalue weighted by Gasteiger charge is -2.27. The van der Waals surface area contributed by atoms with Gasteiger partial charge in [0.05, 0.1) is 0 Å². The molecule has 1 aromatic rings. The zero-order chi connectivity index (χ0) is 13.4. The SMILES string of the molecule is C=CN1CCC(C=O)CC1.Oc1ccccc1O. The van der Waals surface area contributed by atoms with Crippen LogP contribution in [0.25, 0.3) is 0 Å². The summed E-state index contributed by atoms with van der Waals surface area (Å²) in [5.41, 5.74) is 0. The number of para-hydroxylation sites is 2. The highest BCUT2D eigenvalue weighted by molar-refractivity contribution is 5.53. The van der Waals surface area contributed by atoms with E-state index in [4.69, 9.17) is 10.2 Å². The number of rotatable bonds is 2. The van der Waals surface area contributed by atoms with Gasteiger partial charge in [0.15, 0.2) is 11.5 Å². The Morgan fingerprint density at radius 1 is 1.17 bits per heavy atom. The zero-order valence-electron chi connectivity index (χ0n) is 10.3. The maximum Gasteiger partial charge on any atom is 0.157 e. The highest BCUT2D eigenvalue weighted by Crippen LogP contribution is 2.21. The van der Waals surface area contributed by atoms with E-state index in [-0.39, 0.29) is 11.5 Å². The minimum atomic E-state index is -0.0764. The van der Waals surface area contributed by atoms with Crippen LogP contribution in [0.5, 0.6) is 11.5 Å². The summed E-state index contributed by atoms with van der Waals surface area (Å²) in [5.74, 6) is 0.149. The molecular weight excluding hydrogens is 230 g/mol. The lowest BCUT2D eigenvalue weighted by molar-refractivity contribution is -0.112. The molecule has 98 valence electrons. The van der Waals surface area contributed by atoms with Gasteiger partial charge in [0, 0.05) is 19.0 Å². The third-order valence-electron chi connectivity index (χ3n) is 2.91. The van der Waals surface area contributed by atoms with Crippen LogP contribution in [0.15, 0.2) is 37.0 Å². The number of piperidine rings is 1. The van der Waals surface area contributed by atoms with Crippen molar-refractivity contribution in [2.24, 2.45) is 5.92 Å². The van der Waals surface area contributed by atoms with Crippen molar-refractivity contribution in [2.45, 2.75) is 12.8 Å². The van der Waals surface area contributed by atoms with E-state index < -0.39 is 0 Å². The first kappa shape index (κ1) is 14.1. The smallest absolute Gasteiger partial charge is 0.157 e. The molecule has 1 saturated heterocycles. The van der Waals surface area contributed by atoms with E-state index in [0.717, 1.165) is 32.2 Å². The Bertz CT molecular complexity index is 347. The van der Waals surface area contributed by atoms with Crippen molar-refractivity contribution in [3.05, 3.63) is 37.0 Å².